The van der Waals surface area contributed by atoms with Gasteiger partial charge < -0.3 is 10.1 Å². The summed E-state index contributed by atoms with van der Waals surface area (Å²) in [6.07, 6.45) is 0. The van der Waals surface area contributed by atoms with Crippen molar-refractivity contribution >= 4 is 0 Å². The smallest absolute Gasteiger partial charge is 0.124 e. The van der Waals surface area contributed by atoms with E-state index in [1.807, 2.05) is 13.8 Å². The number of halogens is 1. The minimum atomic E-state index is -0.221. The van der Waals surface area contributed by atoms with Gasteiger partial charge >= 0.3 is 0 Å². The number of nitrogens with one attached hydrogen (secondary N) is 1. The molecule has 0 radical (unpaired) electrons. The van der Waals surface area contributed by atoms with E-state index in [-0.39, 0.29) is 11.9 Å². The number of ether oxygens (including phenoxy) is 1. The monoisotopic (exact) mass is 239 g/mol. The third kappa shape index (κ3) is 4.35. The van der Waals surface area contributed by atoms with Gasteiger partial charge in [-0.15, -0.1) is 0 Å². The molecular formula is C14H22FNO. The molecule has 1 rings (SSSR count). The zero-order chi connectivity index (χ0) is 12.8. The maximum absolute atomic E-state index is 13.3. The molecule has 1 unspecified atom stereocenters. The van der Waals surface area contributed by atoms with E-state index in [1.165, 1.54) is 6.07 Å². The molecule has 0 aliphatic carbocycles. The second-order valence-electron chi connectivity index (χ2n) is 4.67. The Bertz CT molecular complexity index is 352. The van der Waals surface area contributed by atoms with Crippen LogP contribution < -0.4 is 10.1 Å². The lowest BCUT2D eigenvalue weighted by molar-refractivity contribution is 0.266. The van der Waals surface area contributed by atoms with Gasteiger partial charge in [0, 0.05) is 11.6 Å². The lowest BCUT2D eigenvalue weighted by atomic mass is 10.1. The molecule has 0 spiro atoms. The second kappa shape index (κ2) is 6.60. The van der Waals surface area contributed by atoms with Crippen LogP contribution in [0.2, 0.25) is 0 Å². The van der Waals surface area contributed by atoms with Gasteiger partial charge in [0.1, 0.15) is 11.6 Å². The molecule has 1 aromatic carbocycles. The van der Waals surface area contributed by atoms with Crippen LogP contribution in [-0.4, -0.2) is 13.2 Å². The number of rotatable bonds is 6. The van der Waals surface area contributed by atoms with Gasteiger partial charge in [-0.05, 0) is 37.6 Å². The molecule has 0 fully saturated rings. The van der Waals surface area contributed by atoms with E-state index >= 15 is 0 Å². The highest BCUT2D eigenvalue weighted by Gasteiger charge is 2.12. The van der Waals surface area contributed by atoms with Crippen molar-refractivity contribution in [1.29, 1.82) is 0 Å². The van der Waals surface area contributed by atoms with E-state index in [9.17, 15) is 4.39 Å². The fourth-order valence-corrected chi connectivity index (χ4v) is 1.66. The first kappa shape index (κ1) is 14.0. The summed E-state index contributed by atoms with van der Waals surface area (Å²) in [6.45, 7) is 9.73. The van der Waals surface area contributed by atoms with Gasteiger partial charge in [-0.2, -0.15) is 0 Å². The van der Waals surface area contributed by atoms with Gasteiger partial charge in [0.25, 0.3) is 0 Å². The molecule has 96 valence electrons. The molecule has 17 heavy (non-hydrogen) atoms. The molecule has 0 heterocycles. The summed E-state index contributed by atoms with van der Waals surface area (Å²) < 4.78 is 19.0. The zero-order valence-electron chi connectivity index (χ0n) is 11.1. The molecule has 0 aliphatic heterocycles. The van der Waals surface area contributed by atoms with Gasteiger partial charge in [-0.3, -0.25) is 0 Å². The summed E-state index contributed by atoms with van der Waals surface area (Å²) in [5.41, 5.74) is 0.882. The summed E-state index contributed by atoms with van der Waals surface area (Å²) in [7, 11) is 0. The van der Waals surface area contributed by atoms with Crippen LogP contribution >= 0.6 is 0 Å². The van der Waals surface area contributed by atoms with Gasteiger partial charge in [0.15, 0.2) is 0 Å². The van der Waals surface area contributed by atoms with Gasteiger partial charge in [-0.1, -0.05) is 20.8 Å². The Hall–Kier alpha value is -1.09. The van der Waals surface area contributed by atoms with E-state index in [0.29, 0.717) is 12.5 Å². The van der Waals surface area contributed by atoms with E-state index < -0.39 is 0 Å². The molecule has 2 nitrogen and oxygen atoms in total. The maximum Gasteiger partial charge on any atom is 0.124 e. The lowest BCUT2D eigenvalue weighted by Crippen LogP contribution is -2.19. The van der Waals surface area contributed by atoms with Crippen LogP contribution in [0.3, 0.4) is 0 Å². The number of hydrogen-bond donors (Lipinski definition) is 1. The first-order chi connectivity index (χ1) is 8.04. The highest BCUT2D eigenvalue weighted by Crippen LogP contribution is 2.26. The van der Waals surface area contributed by atoms with Crippen LogP contribution in [0.4, 0.5) is 4.39 Å². The van der Waals surface area contributed by atoms with Crippen molar-refractivity contribution in [3.63, 3.8) is 0 Å². The van der Waals surface area contributed by atoms with Crippen LogP contribution in [0.1, 0.15) is 39.3 Å². The van der Waals surface area contributed by atoms with Crippen molar-refractivity contribution in [2.45, 2.75) is 33.7 Å². The normalized spacial score (nSPS) is 12.8. The predicted molar refractivity (Wildman–Crippen MR) is 68.8 cm³/mol. The molecular weight excluding hydrogens is 217 g/mol. The molecule has 0 amide bonds. The van der Waals surface area contributed by atoms with Crippen molar-refractivity contribution < 1.29 is 9.13 Å². The first-order valence-corrected chi connectivity index (χ1v) is 6.20. The summed E-state index contributed by atoms with van der Waals surface area (Å²) in [6, 6.07) is 4.79. The van der Waals surface area contributed by atoms with E-state index in [4.69, 9.17) is 4.74 Å². The Morgan fingerprint density at radius 3 is 2.59 bits per heavy atom. The highest BCUT2D eigenvalue weighted by atomic mass is 19.1. The Morgan fingerprint density at radius 2 is 2.00 bits per heavy atom. The quantitative estimate of drug-likeness (QED) is 0.820. The van der Waals surface area contributed by atoms with E-state index in [1.54, 1.807) is 12.1 Å². The van der Waals surface area contributed by atoms with E-state index in [0.717, 1.165) is 17.9 Å². The molecule has 1 atom stereocenters. The Kier molecular flexibility index (Phi) is 5.42. The summed E-state index contributed by atoms with van der Waals surface area (Å²) in [4.78, 5) is 0. The third-order valence-corrected chi connectivity index (χ3v) is 2.52. The van der Waals surface area contributed by atoms with Crippen molar-refractivity contribution in [3.05, 3.63) is 29.6 Å². The molecule has 0 bridgehead atoms. The van der Waals surface area contributed by atoms with Crippen LogP contribution in [-0.2, 0) is 0 Å². The largest absolute Gasteiger partial charge is 0.493 e. The first-order valence-electron chi connectivity index (χ1n) is 6.20. The standard InChI is InChI=1S/C14H22FNO/c1-5-16-11(4)13-8-12(15)6-7-14(13)17-9-10(2)3/h6-8,10-11,16H,5,9H2,1-4H3. The number of benzene rings is 1. The maximum atomic E-state index is 13.3. The molecule has 3 heteroatoms. The van der Waals surface area contributed by atoms with Crippen molar-refractivity contribution in [2.75, 3.05) is 13.2 Å². The Morgan fingerprint density at radius 1 is 1.29 bits per heavy atom. The average molecular weight is 239 g/mol. The van der Waals surface area contributed by atoms with Crippen LogP contribution in [0.15, 0.2) is 18.2 Å². The predicted octanol–water partition coefficient (Wildman–Crippen LogP) is 3.53. The highest BCUT2D eigenvalue weighted by molar-refractivity contribution is 5.36. The molecule has 0 aliphatic rings. The van der Waals surface area contributed by atoms with Crippen molar-refractivity contribution in [3.8, 4) is 5.75 Å². The van der Waals surface area contributed by atoms with Gasteiger partial charge in [-0.25, -0.2) is 4.39 Å². The van der Waals surface area contributed by atoms with Crippen LogP contribution in [0, 0.1) is 11.7 Å². The lowest BCUT2D eigenvalue weighted by Gasteiger charge is -2.18. The minimum Gasteiger partial charge on any atom is -0.493 e. The molecule has 1 aromatic rings. The summed E-state index contributed by atoms with van der Waals surface area (Å²) >= 11 is 0. The van der Waals surface area contributed by atoms with Crippen LogP contribution in [0.25, 0.3) is 0 Å². The van der Waals surface area contributed by atoms with Crippen LogP contribution in [0.5, 0.6) is 5.75 Å². The fraction of sp³-hybridized carbons (Fsp3) is 0.571. The molecule has 0 saturated heterocycles. The van der Waals surface area contributed by atoms with Crippen molar-refractivity contribution in [1.82, 2.24) is 5.32 Å². The number of hydrogen-bond acceptors (Lipinski definition) is 2. The molecule has 1 N–H and O–H groups in total. The molecule has 0 aromatic heterocycles. The Balaban J connectivity index is 2.87. The Labute approximate surface area is 103 Å². The SMILES string of the molecule is CCNC(C)c1cc(F)ccc1OCC(C)C. The zero-order valence-corrected chi connectivity index (χ0v) is 11.1. The topological polar surface area (TPSA) is 21.3 Å². The fourth-order valence-electron chi connectivity index (χ4n) is 1.66. The minimum absolute atomic E-state index is 0.0952. The van der Waals surface area contributed by atoms with Crippen molar-refractivity contribution in [2.24, 2.45) is 5.92 Å². The van der Waals surface area contributed by atoms with Gasteiger partial charge in [0.05, 0.1) is 6.61 Å². The van der Waals surface area contributed by atoms with E-state index in [2.05, 4.69) is 19.2 Å². The summed E-state index contributed by atoms with van der Waals surface area (Å²) in [5, 5.41) is 3.27. The summed E-state index contributed by atoms with van der Waals surface area (Å²) in [5.74, 6) is 1.01. The average Bonchev–Trinajstić information content (AvgIpc) is 2.27. The third-order valence-electron chi connectivity index (χ3n) is 2.52. The van der Waals surface area contributed by atoms with Gasteiger partial charge in [0.2, 0.25) is 0 Å². The second-order valence-corrected chi connectivity index (χ2v) is 4.67. The molecule has 0 saturated carbocycles.